The Hall–Kier alpha value is -2.73. The van der Waals surface area contributed by atoms with E-state index in [1.54, 1.807) is 14.2 Å². The summed E-state index contributed by atoms with van der Waals surface area (Å²) < 4.78 is 10.6. The molecule has 0 radical (unpaired) electrons. The van der Waals surface area contributed by atoms with E-state index in [1.807, 2.05) is 37.3 Å². The molecule has 0 atom stereocenters. The van der Waals surface area contributed by atoms with Crippen LogP contribution >= 0.6 is 12.2 Å². The number of hydrogen-bond donors (Lipinski definition) is 3. The Bertz CT molecular complexity index is 790. The summed E-state index contributed by atoms with van der Waals surface area (Å²) in [5.41, 5.74) is 10.6. The van der Waals surface area contributed by atoms with E-state index in [0.29, 0.717) is 16.6 Å². The smallest absolute Gasteiger partial charge is 0.189 e. The first-order valence-electron chi connectivity index (χ1n) is 7.76. The van der Waals surface area contributed by atoms with Gasteiger partial charge in [0.25, 0.3) is 0 Å². The van der Waals surface area contributed by atoms with Crippen molar-refractivity contribution in [2.75, 3.05) is 19.5 Å². The lowest BCUT2D eigenvalue weighted by molar-refractivity contribution is 0.401. The Balaban J connectivity index is 2.00. The summed E-state index contributed by atoms with van der Waals surface area (Å²) in [6.45, 7) is 8.11. The molecule has 0 heterocycles. The van der Waals surface area contributed by atoms with Gasteiger partial charge in [-0.2, -0.15) is 0 Å². The minimum atomic E-state index is 0.440. The topological polar surface area (TPSA) is 54.5 Å². The molecule has 6 heteroatoms. The van der Waals surface area contributed by atoms with Gasteiger partial charge in [0.1, 0.15) is 11.5 Å². The molecule has 0 fully saturated rings. The first-order chi connectivity index (χ1) is 11.9. The molecule has 0 aromatic heterocycles. The molecule has 0 aliphatic rings. The van der Waals surface area contributed by atoms with Crippen molar-refractivity contribution in [1.29, 1.82) is 0 Å². The highest BCUT2D eigenvalue weighted by atomic mass is 32.1. The average molecular weight is 357 g/mol. The van der Waals surface area contributed by atoms with E-state index in [0.717, 1.165) is 22.6 Å². The van der Waals surface area contributed by atoms with Crippen molar-refractivity contribution < 1.29 is 9.47 Å². The standard InChI is InChI=1S/C19H23N3O2S/c1-12-6-8-17(13(2)10-12)20-19(25)22-21-14(3)16-11-15(23-4)7-9-18(16)24-5/h6-11,21H,3H2,1-2,4-5H3,(H2,20,22,25). The Morgan fingerprint density at radius 2 is 1.76 bits per heavy atom. The van der Waals surface area contributed by atoms with Crippen LogP contribution in [0.15, 0.2) is 43.0 Å². The molecule has 0 unspecified atom stereocenters. The molecule has 3 N–H and O–H groups in total. The molecule has 2 aromatic carbocycles. The molecular formula is C19H23N3O2S. The molecule has 2 rings (SSSR count). The van der Waals surface area contributed by atoms with Crippen LogP contribution in [0.1, 0.15) is 16.7 Å². The molecule has 0 bridgehead atoms. The van der Waals surface area contributed by atoms with Crippen molar-refractivity contribution >= 4 is 28.7 Å². The quantitative estimate of drug-likeness (QED) is 0.540. The van der Waals surface area contributed by atoms with Gasteiger partial charge in [0.2, 0.25) is 0 Å². The maximum absolute atomic E-state index is 5.36. The lowest BCUT2D eigenvalue weighted by Gasteiger charge is -2.17. The Labute approximate surface area is 154 Å². The number of benzene rings is 2. The second-order valence-corrected chi connectivity index (χ2v) is 5.98. The monoisotopic (exact) mass is 357 g/mol. The molecule has 0 aliphatic heterocycles. The van der Waals surface area contributed by atoms with Gasteiger partial charge in [-0.1, -0.05) is 24.3 Å². The lowest BCUT2D eigenvalue weighted by Crippen LogP contribution is -2.39. The molecular weight excluding hydrogens is 334 g/mol. The van der Waals surface area contributed by atoms with Gasteiger partial charge in [-0.25, -0.2) is 0 Å². The van der Waals surface area contributed by atoms with Crippen LogP contribution < -0.4 is 25.6 Å². The van der Waals surface area contributed by atoms with E-state index in [9.17, 15) is 0 Å². The van der Waals surface area contributed by atoms with Gasteiger partial charge in [-0.3, -0.25) is 10.9 Å². The third kappa shape index (κ3) is 4.87. The fraction of sp³-hybridized carbons (Fsp3) is 0.211. The zero-order valence-corrected chi connectivity index (χ0v) is 15.7. The van der Waals surface area contributed by atoms with Crippen LogP contribution in [0.2, 0.25) is 0 Å². The highest BCUT2D eigenvalue weighted by Gasteiger charge is 2.09. The first-order valence-corrected chi connectivity index (χ1v) is 8.17. The molecule has 0 aliphatic carbocycles. The summed E-state index contributed by atoms with van der Waals surface area (Å²) in [6, 6.07) is 11.6. The molecule has 0 spiro atoms. The predicted octanol–water partition coefficient (Wildman–Crippen LogP) is 3.78. The summed E-state index contributed by atoms with van der Waals surface area (Å²) in [4.78, 5) is 0. The van der Waals surface area contributed by atoms with Crippen LogP contribution in [0, 0.1) is 13.8 Å². The zero-order chi connectivity index (χ0) is 18.4. The van der Waals surface area contributed by atoms with Gasteiger partial charge in [0.05, 0.1) is 19.9 Å². The van der Waals surface area contributed by atoms with Crippen LogP contribution in [0.3, 0.4) is 0 Å². The van der Waals surface area contributed by atoms with Crippen molar-refractivity contribution in [2.24, 2.45) is 0 Å². The van der Waals surface area contributed by atoms with Crippen molar-refractivity contribution in [3.8, 4) is 11.5 Å². The number of ether oxygens (including phenoxy) is 2. The van der Waals surface area contributed by atoms with Crippen molar-refractivity contribution in [3.63, 3.8) is 0 Å². The third-order valence-corrected chi connectivity index (χ3v) is 3.89. The van der Waals surface area contributed by atoms with Crippen LogP contribution in [0.25, 0.3) is 5.70 Å². The van der Waals surface area contributed by atoms with Gasteiger partial charge in [0.15, 0.2) is 5.11 Å². The van der Waals surface area contributed by atoms with Gasteiger partial charge in [0, 0.05) is 11.3 Å². The predicted molar refractivity (Wildman–Crippen MR) is 107 cm³/mol. The van der Waals surface area contributed by atoms with Crippen LogP contribution in [-0.2, 0) is 0 Å². The highest BCUT2D eigenvalue weighted by Crippen LogP contribution is 2.27. The molecule has 0 saturated carbocycles. The zero-order valence-electron chi connectivity index (χ0n) is 14.9. The average Bonchev–Trinajstić information content (AvgIpc) is 2.61. The van der Waals surface area contributed by atoms with E-state index in [2.05, 4.69) is 35.7 Å². The van der Waals surface area contributed by atoms with Gasteiger partial charge >= 0.3 is 0 Å². The number of hydrogen-bond acceptors (Lipinski definition) is 4. The number of methoxy groups -OCH3 is 2. The second kappa shape index (κ2) is 8.39. The SMILES string of the molecule is C=C(NNC(=S)Nc1ccc(C)cc1C)c1cc(OC)ccc1OC. The molecule has 132 valence electrons. The number of rotatable bonds is 6. The van der Waals surface area contributed by atoms with E-state index >= 15 is 0 Å². The number of nitrogens with one attached hydrogen (secondary N) is 3. The molecule has 5 nitrogen and oxygen atoms in total. The van der Waals surface area contributed by atoms with Crippen molar-refractivity contribution in [1.82, 2.24) is 10.9 Å². The van der Waals surface area contributed by atoms with E-state index in [-0.39, 0.29) is 0 Å². The van der Waals surface area contributed by atoms with E-state index < -0.39 is 0 Å². The summed E-state index contributed by atoms with van der Waals surface area (Å²) >= 11 is 5.32. The van der Waals surface area contributed by atoms with Gasteiger partial charge in [-0.05, 0) is 55.9 Å². The van der Waals surface area contributed by atoms with Crippen molar-refractivity contribution in [2.45, 2.75) is 13.8 Å². The van der Waals surface area contributed by atoms with E-state index in [1.165, 1.54) is 5.56 Å². The van der Waals surface area contributed by atoms with E-state index in [4.69, 9.17) is 21.7 Å². The number of aryl methyl sites for hydroxylation is 2. The van der Waals surface area contributed by atoms with Crippen LogP contribution in [-0.4, -0.2) is 19.3 Å². The molecule has 0 amide bonds. The molecule has 0 saturated heterocycles. The van der Waals surface area contributed by atoms with Crippen LogP contribution in [0.5, 0.6) is 11.5 Å². The second-order valence-electron chi connectivity index (χ2n) is 5.57. The minimum Gasteiger partial charge on any atom is -0.497 e. The number of hydrazine groups is 1. The Kier molecular flexibility index (Phi) is 6.25. The lowest BCUT2D eigenvalue weighted by atomic mass is 10.1. The highest BCUT2D eigenvalue weighted by molar-refractivity contribution is 7.80. The minimum absolute atomic E-state index is 0.440. The summed E-state index contributed by atoms with van der Waals surface area (Å²) in [7, 11) is 3.22. The summed E-state index contributed by atoms with van der Waals surface area (Å²) in [5, 5.41) is 3.60. The summed E-state index contributed by atoms with van der Waals surface area (Å²) in [5.74, 6) is 1.41. The molecule has 25 heavy (non-hydrogen) atoms. The largest absolute Gasteiger partial charge is 0.497 e. The fourth-order valence-electron chi connectivity index (χ4n) is 2.36. The number of anilines is 1. The normalized spacial score (nSPS) is 9.92. The fourth-order valence-corrected chi connectivity index (χ4v) is 2.52. The first kappa shape index (κ1) is 18.6. The van der Waals surface area contributed by atoms with Gasteiger partial charge in [-0.15, -0.1) is 0 Å². The Morgan fingerprint density at radius 3 is 2.40 bits per heavy atom. The number of thiocarbonyl (C=S) groups is 1. The van der Waals surface area contributed by atoms with Crippen molar-refractivity contribution in [3.05, 3.63) is 59.7 Å². The molecule has 2 aromatic rings. The van der Waals surface area contributed by atoms with Gasteiger partial charge < -0.3 is 14.8 Å². The Morgan fingerprint density at radius 1 is 1.00 bits per heavy atom. The maximum Gasteiger partial charge on any atom is 0.189 e. The third-order valence-electron chi connectivity index (χ3n) is 3.69. The van der Waals surface area contributed by atoms with Crippen LogP contribution in [0.4, 0.5) is 5.69 Å². The maximum atomic E-state index is 5.36. The summed E-state index contributed by atoms with van der Waals surface area (Å²) in [6.07, 6.45) is 0.